The van der Waals surface area contributed by atoms with Crippen LogP contribution in [0.15, 0.2) is 315 Å². The van der Waals surface area contributed by atoms with Gasteiger partial charge in [-0.05, 0) is 163 Å². The van der Waals surface area contributed by atoms with Crippen LogP contribution in [0.25, 0.3) is 55.6 Å². The lowest BCUT2D eigenvalue weighted by atomic mass is 9.67. The highest BCUT2D eigenvalue weighted by molar-refractivity contribution is 5.91. The fourth-order valence-corrected chi connectivity index (χ4v) is 11.4. The van der Waals surface area contributed by atoms with Gasteiger partial charge < -0.3 is 9.80 Å². The molecule has 2 heteroatoms. The number of para-hydroxylation sites is 4. The number of hydrogen-bond acceptors (Lipinski definition) is 2. The van der Waals surface area contributed by atoms with Crippen molar-refractivity contribution < 1.29 is 0 Å². The second kappa shape index (κ2) is 19.7. The van der Waals surface area contributed by atoms with E-state index in [-0.39, 0.29) is 0 Å². The van der Waals surface area contributed by atoms with E-state index in [0.717, 1.165) is 34.1 Å². The van der Waals surface area contributed by atoms with Crippen molar-refractivity contribution in [2.75, 3.05) is 9.80 Å². The van der Waals surface area contributed by atoms with Crippen molar-refractivity contribution in [3.8, 4) is 55.6 Å². The minimum Gasteiger partial charge on any atom is -0.311 e. The Labute approximate surface area is 440 Å². The van der Waals surface area contributed by atoms with Crippen molar-refractivity contribution in [2.24, 2.45) is 0 Å². The molecule has 0 atom stereocenters. The zero-order valence-electron chi connectivity index (χ0n) is 41.4. The van der Waals surface area contributed by atoms with E-state index in [0.29, 0.717) is 0 Å². The molecule has 0 amide bonds. The van der Waals surface area contributed by atoms with E-state index in [1.165, 1.54) is 77.9 Å². The Kier molecular flexibility index (Phi) is 11.8. The number of nitrogens with zero attached hydrogens (tertiary/aromatic N) is 2. The summed E-state index contributed by atoms with van der Waals surface area (Å²) in [6.07, 6.45) is 0. The lowest BCUT2D eigenvalue weighted by Crippen LogP contribution is -2.29. The molecule has 1 aliphatic rings. The van der Waals surface area contributed by atoms with Crippen LogP contribution in [0.3, 0.4) is 0 Å². The Morgan fingerprint density at radius 2 is 0.413 bits per heavy atom. The molecule has 0 aliphatic heterocycles. The molecule has 13 rings (SSSR count). The molecule has 0 heterocycles. The summed E-state index contributed by atoms with van der Waals surface area (Å²) in [5.41, 5.74) is 22.7. The number of hydrogen-bond donors (Lipinski definition) is 0. The van der Waals surface area contributed by atoms with Gasteiger partial charge in [0.1, 0.15) is 0 Å². The van der Waals surface area contributed by atoms with Crippen molar-refractivity contribution in [3.63, 3.8) is 0 Å². The third-order valence-corrected chi connectivity index (χ3v) is 15.0. The fourth-order valence-electron chi connectivity index (χ4n) is 11.4. The van der Waals surface area contributed by atoms with Crippen molar-refractivity contribution in [1.29, 1.82) is 0 Å². The molecule has 1 aliphatic carbocycles. The lowest BCUT2D eigenvalue weighted by molar-refractivity contribution is 0.769. The highest BCUT2D eigenvalue weighted by atomic mass is 15.1. The van der Waals surface area contributed by atoms with Gasteiger partial charge in [-0.2, -0.15) is 0 Å². The minimum absolute atomic E-state index is 0.726. The predicted molar refractivity (Wildman–Crippen MR) is 315 cm³/mol. The number of benzene rings is 12. The summed E-state index contributed by atoms with van der Waals surface area (Å²) in [4.78, 5) is 4.69. The second-order valence-electron chi connectivity index (χ2n) is 19.3. The summed E-state index contributed by atoms with van der Waals surface area (Å²) in [5.74, 6) is 0. The second-order valence-corrected chi connectivity index (χ2v) is 19.3. The van der Waals surface area contributed by atoms with E-state index in [2.05, 4.69) is 325 Å². The van der Waals surface area contributed by atoms with Crippen molar-refractivity contribution in [2.45, 2.75) is 5.41 Å². The number of fused-ring (bicyclic) bond motifs is 3. The normalized spacial score (nSPS) is 12.1. The summed E-state index contributed by atoms with van der Waals surface area (Å²) in [5, 5.41) is 0. The van der Waals surface area contributed by atoms with Gasteiger partial charge in [-0.1, -0.05) is 231 Å². The van der Waals surface area contributed by atoms with E-state index in [1.807, 2.05) is 0 Å². The van der Waals surface area contributed by atoms with Crippen molar-refractivity contribution in [3.05, 3.63) is 338 Å². The van der Waals surface area contributed by atoms with Crippen molar-refractivity contribution in [1.82, 2.24) is 0 Å². The van der Waals surface area contributed by atoms with Crippen LogP contribution in [-0.4, -0.2) is 0 Å². The molecule has 75 heavy (non-hydrogen) atoms. The standard InChI is InChI=1S/C73H52N2/c1-7-19-53(20-8-1)55-31-35-57(36-32-55)59-39-49-69-70-50-40-60(58-37-33-56(34-38-58)54-21-9-2-10-22-54)52-72(70)73(71(69)51-59,61-41-45-67(46-42-61)74(63-23-11-3-12-24-63)64-25-13-4-14-26-64)62-43-47-68(48-44-62)75(65-27-15-5-16-28-65)66-29-17-6-18-30-66/h1-52H. The predicted octanol–water partition coefficient (Wildman–Crippen LogP) is 19.7. The maximum atomic E-state index is 2.48. The Morgan fingerprint density at radius 3 is 0.707 bits per heavy atom. The van der Waals surface area contributed by atoms with E-state index in [4.69, 9.17) is 0 Å². The average molecular weight is 957 g/mol. The van der Waals surface area contributed by atoms with Gasteiger partial charge in [0.2, 0.25) is 0 Å². The van der Waals surface area contributed by atoms with Gasteiger partial charge in [-0.15, -0.1) is 0 Å². The first kappa shape index (κ1) is 45.1. The van der Waals surface area contributed by atoms with Gasteiger partial charge in [0, 0.05) is 34.1 Å². The summed E-state index contributed by atoms with van der Waals surface area (Å²) in [6.45, 7) is 0. The van der Waals surface area contributed by atoms with Crippen LogP contribution in [0.2, 0.25) is 0 Å². The molecule has 0 saturated carbocycles. The average Bonchev–Trinajstić information content (AvgIpc) is 3.89. The Bertz CT molecular complexity index is 3520. The van der Waals surface area contributed by atoms with Crippen LogP contribution in [0.1, 0.15) is 22.3 Å². The van der Waals surface area contributed by atoms with Gasteiger partial charge >= 0.3 is 0 Å². The van der Waals surface area contributed by atoms with Crippen LogP contribution in [0.5, 0.6) is 0 Å². The fraction of sp³-hybridized carbons (Fsp3) is 0.0137. The van der Waals surface area contributed by atoms with E-state index < -0.39 is 5.41 Å². The lowest BCUT2D eigenvalue weighted by Gasteiger charge is -2.35. The van der Waals surface area contributed by atoms with E-state index in [1.54, 1.807) is 0 Å². The maximum Gasteiger partial charge on any atom is 0.0714 e. The highest BCUT2D eigenvalue weighted by Gasteiger charge is 2.47. The molecule has 0 fully saturated rings. The van der Waals surface area contributed by atoms with Gasteiger partial charge in [0.15, 0.2) is 0 Å². The molecule has 12 aromatic carbocycles. The summed E-state index contributed by atoms with van der Waals surface area (Å²) >= 11 is 0. The zero-order chi connectivity index (χ0) is 50.0. The van der Waals surface area contributed by atoms with Crippen LogP contribution in [0.4, 0.5) is 34.1 Å². The number of rotatable bonds is 12. The smallest absolute Gasteiger partial charge is 0.0714 e. The highest BCUT2D eigenvalue weighted by Crippen LogP contribution is 2.58. The Hall–Kier alpha value is -9.76. The molecule has 0 saturated heterocycles. The van der Waals surface area contributed by atoms with Crippen LogP contribution in [0, 0.1) is 0 Å². The molecule has 0 N–H and O–H groups in total. The molecule has 0 unspecified atom stereocenters. The van der Waals surface area contributed by atoms with Crippen LogP contribution < -0.4 is 9.80 Å². The molecule has 2 nitrogen and oxygen atoms in total. The molecule has 0 spiro atoms. The summed E-state index contributed by atoms with van der Waals surface area (Å²) < 4.78 is 0. The van der Waals surface area contributed by atoms with Crippen LogP contribution >= 0.6 is 0 Å². The van der Waals surface area contributed by atoms with Gasteiger partial charge in [0.05, 0.1) is 5.41 Å². The quantitative estimate of drug-likeness (QED) is 0.120. The maximum absolute atomic E-state index is 2.48. The molecule has 0 radical (unpaired) electrons. The third-order valence-electron chi connectivity index (χ3n) is 15.0. The van der Waals surface area contributed by atoms with Gasteiger partial charge in [0.25, 0.3) is 0 Å². The van der Waals surface area contributed by atoms with Gasteiger partial charge in [-0.25, -0.2) is 0 Å². The Morgan fingerprint density at radius 1 is 0.187 bits per heavy atom. The minimum atomic E-state index is -0.726. The first-order valence-corrected chi connectivity index (χ1v) is 25.8. The summed E-state index contributed by atoms with van der Waals surface area (Å²) in [6, 6.07) is 115. The first-order valence-electron chi connectivity index (χ1n) is 25.8. The van der Waals surface area contributed by atoms with E-state index >= 15 is 0 Å². The third kappa shape index (κ3) is 8.39. The SMILES string of the molecule is c1ccc(-c2ccc(-c3ccc4c(c3)C(c3ccc(N(c5ccccc5)c5ccccc5)cc3)(c3ccc(N(c5ccccc5)c5ccccc5)cc3)c3cc(-c5ccc(-c6ccccc6)cc5)ccc3-4)cc2)cc1. The van der Waals surface area contributed by atoms with Gasteiger partial charge in [-0.3, -0.25) is 0 Å². The van der Waals surface area contributed by atoms with Crippen molar-refractivity contribution >= 4 is 34.1 Å². The molecule has 0 aromatic heterocycles. The molecule has 0 bridgehead atoms. The van der Waals surface area contributed by atoms with E-state index in [9.17, 15) is 0 Å². The monoisotopic (exact) mass is 956 g/mol. The molecular formula is C73H52N2. The Balaban J connectivity index is 1.03. The summed E-state index contributed by atoms with van der Waals surface area (Å²) in [7, 11) is 0. The molecule has 354 valence electrons. The number of anilines is 6. The van der Waals surface area contributed by atoms with Crippen LogP contribution in [-0.2, 0) is 5.41 Å². The first-order chi connectivity index (χ1) is 37.2. The largest absolute Gasteiger partial charge is 0.311 e. The molecule has 12 aromatic rings. The molecular weight excluding hydrogens is 905 g/mol. The topological polar surface area (TPSA) is 6.48 Å². The zero-order valence-corrected chi connectivity index (χ0v) is 41.4.